The van der Waals surface area contributed by atoms with Crippen LogP contribution in [-0.4, -0.2) is 10.7 Å². The van der Waals surface area contributed by atoms with Crippen molar-refractivity contribution in [2.24, 2.45) is 0 Å². The number of hydrogen-bond donors (Lipinski definition) is 0. The largest absolute Gasteiger partial charge is 0.348 e. The third-order valence-corrected chi connectivity index (χ3v) is 5.04. The summed E-state index contributed by atoms with van der Waals surface area (Å²) in [5.41, 5.74) is 16.4. The van der Waals surface area contributed by atoms with Crippen molar-refractivity contribution in [2.45, 2.75) is 65.7 Å². The summed E-state index contributed by atoms with van der Waals surface area (Å²) in [6.07, 6.45) is 9.76. The van der Waals surface area contributed by atoms with Crippen molar-refractivity contribution in [3.05, 3.63) is 88.0 Å². The Morgan fingerprint density at radius 3 is 2.39 bits per heavy atom. The first kappa shape index (κ1) is 21.6. The number of benzene rings is 2. The number of allylic oxidation sites excluding steroid dienone is 2. The summed E-state index contributed by atoms with van der Waals surface area (Å²) >= 11 is 0. The molecule has 0 saturated heterocycles. The molecule has 2 rings (SSSR count). The van der Waals surface area contributed by atoms with Crippen LogP contribution in [0, 0.1) is 6.92 Å². The van der Waals surface area contributed by atoms with E-state index in [-0.39, 0.29) is 0 Å². The van der Waals surface area contributed by atoms with Gasteiger partial charge < -0.3 is 5.53 Å². The Labute approximate surface area is 170 Å². The van der Waals surface area contributed by atoms with Crippen LogP contribution in [0.2, 0.25) is 0 Å². The molecule has 0 aliphatic carbocycles. The van der Waals surface area contributed by atoms with Gasteiger partial charge in [-0.05, 0) is 60.4 Å². The molecule has 2 nitrogen and oxygen atoms in total. The van der Waals surface area contributed by atoms with Gasteiger partial charge in [-0.2, -0.15) is 0 Å². The number of rotatable bonds is 10. The lowest BCUT2D eigenvalue weighted by atomic mass is 9.89. The molecule has 2 aromatic carbocycles. The second-order valence-electron chi connectivity index (χ2n) is 7.40. The van der Waals surface area contributed by atoms with Gasteiger partial charge in [0.25, 0.3) is 5.87 Å². The fourth-order valence-corrected chi connectivity index (χ4v) is 3.46. The quantitative estimate of drug-likeness (QED) is 0.139. The molecule has 0 heterocycles. The molecule has 0 amide bonds. The molecule has 2 aromatic rings. The van der Waals surface area contributed by atoms with Crippen LogP contribution in [0.1, 0.15) is 74.6 Å². The highest BCUT2D eigenvalue weighted by molar-refractivity contribution is 5.85. The lowest BCUT2D eigenvalue weighted by molar-refractivity contribution is 0.00800. The third kappa shape index (κ3) is 6.50. The molecule has 0 radical (unpaired) electrons. The molecule has 2 heteroatoms. The third-order valence-electron chi connectivity index (χ3n) is 5.04. The number of nitrogens with zero attached hydrogens (tertiary/aromatic N) is 2. The van der Waals surface area contributed by atoms with Gasteiger partial charge in [-0.25, -0.2) is 0 Å². The van der Waals surface area contributed by atoms with E-state index in [1.54, 1.807) is 0 Å². The highest BCUT2D eigenvalue weighted by atomic mass is 14.8. The fourth-order valence-electron chi connectivity index (χ4n) is 3.46. The molecule has 0 aliphatic rings. The lowest BCUT2D eigenvalue weighted by Gasteiger charge is -2.15. The van der Waals surface area contributed by atoms with Gasteiger partial charge in [0.05, 0.1) is 6.08 Å². The van der Waals surface area contributed by atoms with E-state index in [1.165, 1.54) is 59.1 Å². The van der Waals surface area contributed by atoms with Crippen LogP contribution < -0.4 is 0 Å². The first-order valence-corrected chi connectivity index (χ1v) is 10.5. The predicted molar refractivity (Wildman–Crippen MR) is 120 cm³/mol. The van der Waals surface area contributed by atoms with Crippen LogP contribution in [-0.2, 0) is 6.42 Å². The van der Waals surface area contributed by atoms with Gasteiger partial charge in [-0.3, -0.25) is 0 Å². The van der Waals surface area contributed by atoms with Crippen LogP contribution >= 0.6 is 0 Å². The Morgan fingerprint density at radius 1 is 0.964 bits per heavy atom. The van der Waals surface area contributed by atoms with Gasteiger partial charge in [0.15, 0.2) is 0 Å². The average Bonchev–Trinajstić information content (AvgIpc) is 2.72. The highest BCUT2D eigenvalue weighted by Gasteiger charge is 2.12. The molecule has 0 N–H and O–H groups in total. The molecule has 0 atom stereocenters. The summed E-state index contributed by atoms with van der Waals surface area (Å²) in [6, 6.07) is 17.6. The van der Waals surface area contributed by atoms with E-state index in [0.717, 1.165) is 19.3 Å². The minimum absolute atomic E-state index is 0.943. The van der Waals surface area contributed by atoms with Crippen molar-refractivity contribution < 1.29 is 4.79 Å². The highest BCUT2D eigenvalue weighted by Crippen LogP contribution is 2.31. The van der Waals surface area contributed by atoms with Crippen molar-refractivity contribution in [3.63, 3.8) is 0 Å². The summed E-state index contributed by atoms with van der Waals surface area (Å²) in [6.45, 7) is 6.55. The molecule has 0 fully saturated rings. The fraction of sp³-hybridized carbons (Fsp3) is 0.385. The van der Waals surface area contributed by atoms with E-state index in [0.29, 0.717) is 0 Å². The molecule has 28 heavy (non-hydrogen) atoms. The van der Waals surface area contributed by atoms with E-state index in [9.17, 15) is 0 Å². The summed E-state index contributed by atoms with van der Waals surface area (Å²) in [5, 5.41) is 0. The minimum atomic E-state index is 0.943. The molecule has 0 bridgehead atoms. The monoisotopic (exact) mass is 372 g/mol. The lowest BCUT2D eigenvalue weighted by Crippen LogP contribution is -1.97. The number of hydrogen-bond acceptors (Lipinski definition) is 0. The molecule has 146 valence electrons. The summed E-state index contributed by atoms with van der Waals surface area (Å²) < 4.78 is 0. The maximum absolute atomic E-state index is 8.95. The second kappa shape index (κ2) is 11.9. The van der Waals surface area contributed by atoms with Gasteiger partial charge in [0, 0.05) is 0 Å². The van der Waals surface area contributed by atoms with E-state index in [1.807, 2.05) is 6.08 Å². The zero-order chi connectivity index (χ0) is 20.2. The predicted octanol–water partition coefficient (Wildman–Crippen LogP) is 7.18. The van der Waals surface area contributed by atoms with Gasteiger partial charge in [-0.1, -0.05) is 87.2 Å². The summed E-state index contributed by atoms with van der Waals surface area (Å²) in [5.74, 6) is 2.65. The maximum atomic E-state index is 8.95. The number of unbranched alkanes of at least 4 members (excludes halogenated alkanes) is 3. The molecule has 0 aliphatic heterocycles. The summed E-state index contributed by atoms with van der Waals surface area (Å²) in [7, 11) is 0. The summed E-state index contributed by atoms with van der Waals surface area (Å²) in [4.78, 5) is 3.11. The van der Waals surface area contributed by atoms with E-state index in [4.69, 9.17) is 5.53 Å². The van der Waals surface area contributed by atoms with E-state index in [2.05, 4.69) is 80.0 Å². The van der Waals surface area contributed by atoms with Crippen LogP contribution in [0.25, 0.3) is 11.1 Å². The zero-order valence-electron chi connectivity index (χ0n) is 17.5. The smallest absolute Gasteiger partial charge is 0.299 e. The standard InChI is InChI=1S/C26H32N2/c1-4-6-8-12-23(18-19-28-27)26(24-16-14-21(3)15-17-24)25-13-9-11-22(20-25)10-7-5-2/h9,11,13-18,20H,4-8,10,12H2,1-3H3. The van der Waals surface area contributed by atoms with Crippen molar-refractivity contribution in [2.75, 3.05) is 0 Å². The van der Waals surface area contributed by atoms with Crippen LogP contribution in [0.4, 0.5) is 0 Å². The zero-order valence-corrected chi connectivity index (χ0v) is 17.5. The molecule has 0 spiro atoms. The van der Waals surface area contributed by atoms with Crippen LogP contribution in [0.3, 0.4) is 0 Å². The van der Waals surface area contributed by atoms with Crippen molar-refractivity contribution in [1.82, 2.24) is 0 Å². The first-order valence-electron chi connectivity index (χ1n) is 10.5. The maximum Gasteiger partial charge on any atom is 0.299 e. The van der Waals surface area contributed by atoms with Gasteiger partial charge >= 0.3 is 0 Å². The molecular formula is C26H32N2. The van der Waals surface area contributed by atoms with Gasteiger partial charge in [-0.15, -0.1) is 4.79 Å². The molecule has 0 aromatic heterocycles. The second-order valence-corrected chi connectivity index (χ2v) is 7.40. The van der Waals surface area contributed by atoms with E-state index < -0.39 is 0 Å². The van der Waals surface area contributed by atoms with Crippen molar-refractivity contribution in [1.29, 1.82) is 0 Å². The molecule has 0 saturated carbocycles. The molecular weight excluding hydrogens is 340 g/mol. The Balaban J connectivity index is 2.61. The number of aryl methyl sites for hydroxylation is 2. The Morgan fingerprint density at radius 2 is 1.71 bits per heavy atom. The molecule has 0 unspecified atom stereocenters. The Hall–Kier alpha value is -2.66. The topological polar surface area (TPSA) is 36.4 Å². The minimum Gasteiger partial charge on any atom is -0.348 e. The Kier molecular flexibility index (Phi) is 9.22. The van der Waals surface area contributed by atoms with Gasteiger partial charge in [0.2, 0.25) is 0 Å². The first-order chi connectivity index (χ1) is 13.7. The normalized spacial score (nSPS) is 11.4. The Bertz CT molecular complexity index is 862. The SMILES string of the molecule is CCCCCC(C=C=[N+]=[N-])=C(c1ccc(C)cc1)c1cccc(CCCC)c1. The van der Waals surface area contributed by atoms with E-state index >= 15 is 0 Å². The average molecular weight is 373 g/mol. The van der Waals surface area contributed by atoms with Gasteiger partial charge in [0.1, 0.15) is 0 Å². The van der Waals surface area contributed by atoms with Crippen molar-refractivity contribution in [3.8, 4) is 0 Å². The van der Waals surface area contributed by atoms with Crippen LogP contribution in [0.15, 0.2) is 60.2 Å². The van der Waals surface area contributed by atoms with Crippen LogP contribution in [0.5, 0.6) is 0 Å². The van der Waals surface area contributed by atoms with Crippen molar-refractivity contribution >= 4 is 11.4 Å².